The van der Waals surface area contributed by atoms with Crippen LogP contribution in [0.25, 0.3) is 11.8 Å². The summed E-state index contributed by atoms with van der Waals surface area (Å²) < 4.78 is 7.53. The van der Waals surface area contributed by atoms with Crippen LogP contribution in [0.2, 0.25) is 0 Å². The van der Waals surface area contributed by atoms with Crippen molar-refractivity contribution in [2.24, 2.45) is 10.1 Å². The van der Waals surface area contributed by atoms with Gasteiger partial charge < -0.3 is 14.2 Å². The number of amidine groups is 3. The second-order valence-corrected chi connectivity index (χ2v) is 8.43. The molecule has 0 aliphatic carbocycles. The van der Waals surface area contributed by atoms with Crippen LogP contribution in [0.15, 0.2) is 52.1 Å². The molecule has 0 bridgehead atoms. The summed E-state index contributed by atoms with van der Waals surface area (Å²) >= 11 is 1.33. The fourth-order valence-electron chi connectivity index (χ4n) is 3.93. The topological polar surface area (TPSA) is 86.3 Å². The second kappa shape index (κ2) is 7.82. The minimum atomic E-state index is -0.410. The van der Waals surface area contributed by atoms with Crippen molar-refractivity contribution in [1.29, 1.82) is 5.41 Å². The largest absolute Gasteiger partial charge is 0.378 e. The maximum Gasteiger partial charge on any atom is 0.283 e. The summed E-state index contributed by atoms with van der Waals surface area (Å²) in [4.78, 5) is 19.1. The number of hydrogen-bond donors (Lipinski definition) is 1. The third kappa shape index (κ3) is 3.49. The Morgan fingerprint density at radius 3 is 2.61 bits per heavy atom. The molecular formula is C22H22N6O2S. The normalized spacial score (nSPS) is 20.3. The highest BCUT2D eigenvalue weighted by Gasteiger charge is 2.37. The van der Waals surface area contributed by atoms with Gasteiger partial charge in [0.15, 0.2) is 11.0 Å². The number of fused-ring (bicyclic) bond motifs is 1. The van der Waals surface area contributed by atoms with Crippen molar-refractivity contribution in [3.05, 3.63) is 58.9 Å². The molecule has 1 N–H and O–H groups in total. The minimum absolute atomic E-state index is 0.0512. The van der Waals surface area contributed by atoms with Crippen LogP contribution < -0.4 is 0 Å². The highest BCUT2D eigenvalue weighted by atomic mass is 32.2. The third-order valence-electron chi connectivity index (χ3n) is 5.51. The fraction of sp³-hybridized carbons (Fsp3) is 0.273. The van der Waals surface area contributed by atoms with Crippen LogP contribution in [0.3, 0.4) is 0 Å². The van der Waals surface area contributed by atoms with Crippen molar-refractivity contribution in [3.8, 4) is 5.69 Å². The average Bonchev–Trinajstić information content (AvgIpc) is 3.33. The molecule has 1 aromatic heterocycles. The molecule has 1 amide bonds. The van der Waals surface area contributed by atoms with Gasteiger partial charge in [0.25, 0.3) is 5.91 Å². The first kappa shape index (κ1) is 19.8. The number of ether oxygens (including phenoxy) is 1. The number of carbonyl (C=O) groups excluding carboxylic acids is 1. The van der Waals surface area contributed by atoms with Gasteiger partial charge in [0.05, 0.1) is 18.8 Å². The first-order valence-electron chi connectivity index (χ1n) is 10.1. The van der Waals surface area contributed by atoms with Gasteiger partial charge in [0.1, 0.15) is 0 Å². The van der Waals surface area contributed by atoms with Crippen LogP contribution in [0.5, 0.6) is 0 Å². The molecule has 1 fully saturated rings. The lowest BCUT2D eigenvalue weighted by Crippen LogP contribution is -2.39. The molecule has 9 heteroatoms. The Morgan fingerprint density at radius 2 is 1.87 bits per heavy atom. The van der Waals surface area contributed by atoms with Gasteiger partial charge in [-0.15, -0.1) is 5.10 Å². The van der Waals surface area contributed by atoms with Gasteiger partial charge in [-0.2, -0.15) is 10.0 Å². The van der Waals surface area contributed by atoms with E-state index in [1.165, 1.54) is 16.8 Å². The number of nitrogens with zero attached hydrogens (tertiary/aromatic N) is 5. The summed E-state index contributed by atoms with van der Waals surface area (Å²) in [5.41, 5.74) is 4.24. The summed E-state index contributed by atoms with van der Waals surface area (Å²) in [6, 6.07) is 12.1. The third-order valence-corrected chi connectivity index (χ3v) is 6.48. The molecule has 1 aromatic carbocycles. The molecule has 3 aliphatic rings. The number of morpholine rings is 1. The maximum absolute atomic E-state index is 12.8. The molecule has 0 atom stereocenters. The van der Waals surface area contributed by atoms with Crippen LogP contribution in [0.4, 0.5) is 0 Å². The standard InChI is InChI=1S/C22H22N6O2S/c1-14-12-16(15(2)27(14)17-6-4-3-5-7-17)13-18-19(23)28-21(24-20(18)29)31-22(25-28)26-8-10-30-11-9-26/h3-7,12-13,23H,8-11H2,1-2H3/b18-13+,23-19?. The zero-order chi connectivity index (χ0) is 21.5. The van der Waals surface area contributed by atoms with E-state index in [1.54, 1.807) is 6.08 Å². The average molecular weight is 435 g/mol. The van der Waals surface area contributed by atoms with Crippen molar-refractivity contribution < 1.29 is 9.53 Å². The van der Waals surface area contributed by atoms with Gasteiger partial charge in [-0.3, -0.25) is 10.2 Å². The smallest absolute Gasteiger partial charge is 0.283 e. The molecule has 0 unspecified atom stereocenters. The van der Waals surface area contributed by atoms with E-state index >= 15 is 0 Å². The number of hydrazone groups is 1. The van der Waals surface area contributed by atoms with E-state index in [4.69, 9.17) is 10.1 Å². The molecule has 5 rings (SSSR count). The summed E-state index contributed by atoms with van der Waals surface area (Å²) in [7, 11) is 0. The fourth-order valence-corrected chi connectivity index (χ4v) is 4.87. The summed E-state index contributed by atoms with van der Waals surface area (Å²) in [6.07, 6.45) is 1.75. The Labute approximate surface area is 184 Å². The Hall–Kier alpha value is -3.17. The summed E-state index contributed by atoms with van der Waals surface area (Å²) in [5, 5.41) is 15.8. The monoisotopic (exact) mass is 434 g/mol. The van der Waals surface area contributed by atoms with Crippen LogP contribution >= 0.6 is 11.8 Å². The predicted molar refractivity (Wildman–Crippen MR) is 123 cm³/mol. The molecule has 4 heterocycles. The Balaban J connectivity index is 1.48. The van der Waals surface area contributed by atoms with E-state index in [9.17, 15) is 4.79 Å². The Kier molecular flexibility index (Phi) is 4.99. The van der Waals surface area contributed by atoms with Crippen molar-refractivity contribution in [2.75, 3.05) is 26.3 Å². The zero-order valence-corrected chi connectivity index (χ0v) is 18.1. The number of hydrogen-bond acceptors (Lipinski definition) is 6. The van der Waals surface area contributed by atoms with Gasteiger partial charge in [-0.05, 0) is 55.4 Å². The van der Waals surface area contributed by atoms with Gasteiger partial charge in [-0.1, -0.05) is 18.2 Å². The van der Waals surface area contributed by atoms with E-state index in [2.05, 4.69) is 19.6 Å². The van der Waals surface area contributed by atoms with Crippen LogP contribution in [0.1, 0.15) is 17.0 Å². The first-order chi connectivity index (χ1) is 15.0. The molecule has 0 radical (unpaired) electrons. The molecule has 1 saturated heterocycles. The SMILES string of the molecule is Cc1cc(/C=C2\C(=N)N3N=C(N4CCOCC4)SC3=NC2=O)c(C)n1-c1ccccc1. The number of carbonyl (C=O) groups is 1. The molecular weight excluding hydrogens is 412 g/mol. The Morgan fingerprint density at radius 1 is 1.13 bits per heavy atom. The number of para-hydroxylation sites is 1. The highest BCUT2D eigenvalue weighted by molar-refractivity contribution is 8.26. The number of nitrogens with one attached hydrogen (secondary N) is 1. The number of thioether (sulfide) groups is 1. The van der Waals surface area contributed by atoms with Gasteiger partial charge >= 0.3 is 0 Å². The lowest BCUT2D eigenvalue weighted by atomic mass is 10.1. The number of aryl methyl sites for hydroxylation is 1. The van der Waals surface area contributed by atoms with Crippen LogP contribution in [-0.4, -0.2) is 62.9 Å². The predicted octanol–water partition coefficient (Wildman–Crippen LogP) is 3.00. The van der Waals surface area contributed by atoms with E-state index < -0.39 is 5.91 Å². The van der Waals surface area contributed by atoms with E-state index in [1.807, 2.05) is 50.2 Å². The van der Waals surface area contributed by atoms with Crippen LogP contribution in [-0.2, 0) is 9.53 Å². The summed E-state index contributed by atoms with van der Waals surface area (Å²) in [5.74, 6) is -0.359. The molecule has 8 nitrogen and oxygen atoms in total. The quantitative estimate of drug-likeness (QED) is 0.735. The Bertz CT molecular complexity index is 1160. The lowest BCUT2D eigenvalue weighted by Gasteiger charge is -2.26. The van der Waals surface area contributed by atoms with E-state index in [0.29, 0.717) is 18.4 Å². The molecule has 31 heavy (non-hydrogen) atoms. The molecule has 3 aliphatic heterocycles. The number of rotatable bonds is 2. The van der Waals surface area contributed by atoms with Crippen molar-refractivity contribution in [3.63, 3.8) is 0 Å². The highest BCUT2D eigenvalue weighted by Crippen LogP contribution is 2.31. The second-order valence-electron chi connectivity index (χ2n) is 7.50. The number of amides is 1. The zero-order valence-electron chi connectivity index (χ0n) is 17.3. The molecule has 158 valence electrons. The van der Waals surface area contributed by atoms with E-state index in [0.717, 1.165) is 40.9 Å². The number of aromatic nitrogens is 1. The van der Waals surface area contributed by atoms with Gasteiger partial charge in [-0.25, -0.2) is 0 Å². The molecule has 2 aromatic rings. The first-order valence-corrected chi connectivity index (χ1v) is 10.9. The maximum atomic E-state index is 12.8. The van der Waals surface area contributed by atoms with Crippen molar-refractivity contribution in [1.82, 2.24) is 14.5 Å². The van der Waals surface area contributed by atoms with E-state index in [-0.39, 0.29) is 11.4 Å². The summed E-state index contributed by atoms with van der Waals surface area (Å²) in [6.45, 7) is 6.81. The van der Waals surface area contributed by atoms with Gasteiger partial charge in [0, 0.05) is 30.2 Å². The number of aliphatic imine (C=N–C) groups is 1. The van der Waals surface area contributed by atoms with Gasteiger partial charge in [0.2, 0.25) is 5.17 Å². The minimum Gasteiger partial charge on any atom is -0.378 e. The molecule has 0 saturated carbocycles. The number of benzene rings is 1. The van der Waals surface area contributed by atoms with Crippen molar-refractivity contribution in [2.45, 2.75) is 13.8 Å². The molecule has 0 spiro atoms. The van der Waals surface area contributed by atoms with Crippen molar-refractivity contribution >= 4 is 39.9 Å². The lowest BCUT2D eigenvalue weighted by molar-refractivity contribution is -0.114. The van der Waals surface area contributed by atoms with Crippen LogP contribution in [0, 0.1) is 19.3 Å².